The summed E-state index contributed by atoms with van der Waals surface area (Å²) in [5.41, 5.74) is 1.36. The highest BCUT2D eigenvalue weighted by atomic mass is 15.1. The monoisotopic (exact) mass is 234 g/mol. The molecule has 1 aromatic carbocycles. The average molecular weight is 234 g/mol. The van der Waals surface area contributed by atoms with Crippen molar-refractivity contribution in [1.82, 2.24) is 10.2 Å². The molecule has 17 heavy (non-hydrogen) atoms. The minimum atomic E-state index is 0.976. The van der Waals surface area contributed by atoms with Gasteiger partial charge in [0, 0.05) is 19.6 Å². The van der Waals surface area contributed by atoms with E-state index in [2.05, 4.69) is 54.5 Å². The third kappa shape index (κ3) is 7.14. The minimum absolute atomic E-state index is 0.976. The maximum Gasteiger partial charge on any atom is 0.0206 e. The summed E-state index contributed by atoms with van der Waals surface area (Å²) in [6, 6.07) is 10.6. The van der Waals surface area contributed by atoms with Crippen molar-refractivity contribution in [2.24, 2.45) is 0 Å². The van der Waals surface area contributed by atoms with E-state index < -0.39 is 0 Å². The summed E-state index contributed by atoms with van der Waals surface area (Å²) in [6.07, 6.45) is 3.98. The zero-order valence-electron chi connectivity index (χ0n) is 11.3. The van der Waals surface area contributed by atoms with E-state index >= 15 is 0 Å². The molecule has 0 fully saturated rings. The smallest absolute Gasteiger partial charge is 0.0206 e. The van der Waals surface area contributed by atoms with Crippen LogP contribution in [0, 0.1) is 0 Å². The van der Waals surface area contributed by atoms with Crippen molar-refractivity contribution in [2.45, 2.75) is 32.7 Å². The Bertz CT molecular complexity index is 272. The number of hydrogen-bond donors (Lipinski definition) is 1. The minimum Gasteiger partial charge on any atom is -0.311 e. The molecule has 1 aromatic rings. The number of likely N-dealkylation sites (N-methyl/N-ethyl adjacent to an activating group) is 1. The van der Waals surface area contributed by atoms with Gasteiger partial charge >= 0.3 is 0 Å². The normalized spacial score (nSPS) is 11.0. The molecule has 0 aliphatic heterocycles. The Morgan fingerprint density at radius 2 is 1.82 bits per heavy atom. The summed E-state index contributed by atoms with van der Waals surface area (Å²) in [5.74, 6) is 0. The molecule has 0 aliphatic carbocycles. The molecule has 0 aromatic heterocycles. The fourth-order valence-corrected chi connectivity index (χ4v) is 1.84. The highest BCUT2D eigenvalue weighted by molar-refractivity contribution is 5.14. The third-order valence-corrected chi connectivity index (χ3v) is 2.99. The van der Waals surface area contributed by atoms with E-state index in [4.69, 9.17) is 0 Å². The van der Waals surface area contributed by atoms with Crippen LogP contribution in [-0.4, -0.2) is 31.6 Å². The van der Waals surface area contributed by atoms with Crippen LogP contribution in [0.2, 0.25) is 0 Å². The molecule has 2 nitrogen and oxygen atoms in total. The average Bonchev–Trinajstić information content (AvgIpc) is 2.36. The van der Waals surface area contributed by atoms with Gasteiger partial charge in [-0.15, -0.1) is 0 Å². The fraction of sp³-hybridized carbons (Fsp3) is 0.600. The standard InChI is InChI=1S/C15H26N2/c1-3-4-8-12-17(2)13-11-16-14-15-9-6-5-7-10-15/h5-7,9-10,16H,3-4,8,11-14H2,1-2H3. The topological polar surface area (TPSA) is 15.3 Å². The number of unbranched alkanes of at least 4 members (excludes halogenated alkanes) is 2. The first-order valence-corrected chi connectivity index (χ1v) is 6.76. The molecule has 0 amide bonds. The Morgan fingerprint density at radius 3 is 2.53 bits per heavy atom. The zero-order valence-corrected chi connectivity index (χ0v) is 11.3. The maximum absolute atomic E-state index is 3.48. The van der Waals surface area contributed by atoms with Gasteiger partial charge in [0.2, 0.25) is 0 Å². The van der Waals surface area contributed by atoms with Crippen molar-refractivity contribution in [3.63, 3.8) is 0 Å². The molecule has 0 unspecified atom stereocenters. The first kappa shape index (κ1) is 14.2. The molecular weight excluding hydrogens is 208 g/mol. The predicted molar refractivity (Wildman–Crippen MR) is 75.2 cm³/mol. The van der Waals surface area contributed by atoms with Crippen LogP contribution >= 0.6 is 0 Å². The molecule has 0 saturated heterocycles. The summed E-state index contributed by atoms with van der Waals surface area (Å²) in [6.45, 7) is 6.65. The predicted octanol–water partition coefficient (Wildman–Crippen LogP) is 2.90. The van der Waals surface area contributed by atoms with E-state index in [-0.39, 0.29) is 0 Å². The molecule has 0 radical (unpaired) electrons. The lowest BCUT2D eigenvalue weighted by atomic mass is 10.2. The number of rotatable bonds is 9. The molecule has 96 valence electrons. The molecule has 0 atom stereocenters. The Labute approximate surface area is 106 Å². The van der Waals surface area contributed by atoms with Gasteiger partial charge in [0.1, 0.15) is 0 Å². The van der Waals surface area contributed by atoms with Crippen molar-refractivity contribution in [3.05, 3.63) is 35.9 Å². The van der Waals surface area contributed by atoms with Crippen LogP contribution in [0.5, 0.6) is 0 Å². The molecule has 0 aliphatic rings. The zero-order chi connectivity index (χ0) is 12.3. The van der Waals surface area contributed by atoms with Gasteiger partial charge in [-0.3, -0.25) is 0 Å². The van der Waals surface area contributed by atoms with Crippen LogP contribution in [0.3, 0.4) is 0 Å². The van der Waals surface area contributed by atoms with Gasteiger partial charge in [-0.05, 0) is 25.6 Å². The van der Waals surface area contributed by atoms with Crippen LogP contribution in [0.15, 0.2) is 30.3 Å². The summed E-state index contributed by atoms with van der Waals surface area (Å²) >= 11 is 0. The van der Waals surface area contributed by atoms with Crippen molar-refractivity contribution in [1.29, 1.82) is 0 Å². The second kappa shape index (κ2) is 9.20. The van der Waals surface area contributed by atoms with Crippen molar-refractivity contribution < 1.29 is 0 Å². The summed E-state index contributed by atoms with van der Waals surface area (Å²) < 4.78 is 0. The maximum atomic E-state index is 3.48. The van der Waals surface area contributed by atoms with Crippen LogP contribution in [0.4, 0.5) is 0 Å². The highest BCUT2D eigenvalue weighted by Gasteiger charge is 1.97. The van der Waals surface area contributed by atoms with Crippen LogP contribution in [0.25, 0.3) is 0 Å². The fourth-order valence-electron chi connectivity index (χ4n) is 1.84. The van der Waals surface area contributed by atoms with Gasteiger partial charge in [0.15, 0.2) is 0 Å². The van der Waals surface area contributed by atoms with Crippen molar-refractivity contribution in [3.8, 4) is 0 Å². The molecule has 1 rings (SSSR count). The number of hydrogen-bond acceptors (Lipinski definition) is 2. The van der Waals surface area contributed by atoms with E-state index in [1.807, 2.05) is 0 Å². The Kier molecular flexibility index (Phi) is 7.69. The number of nitrogens with zero attached hydrogens (tertiary/aromatic N) is 1. The quantitative estimate of drug-likeness (QED) is 0.661. The van der Waals surface area contributed by atoms with Crippen molar-refractivity contribution in [2.75, 3.05) is 26.7 Å². The molecule has 0 spiro atoms. The van der Waals surface area contributed by atoms with Gasteiger partial charge in [-0.25, -0.2) is 0 Å². The molecule has 0 saturated carbocycles. The van der Waals surface area contributed by atoms with Gasteiger partial charge in [-0.2, -0.15) is 0 Å². The van der Waals surface area contributed by atoms with Gasteiger partial charge < -0.3 is 10.2 Å². The van der Waals surface area contributed by atoms with E-state index in [9.17, 15) is 0 Å². The molecule has 0 bridgehead atoms. The second-order valence-electron chi connectivity index (χ2n) is 4.67. The van der Waals surface area contributed by atoms with Gasteiger partial charge in [-0.1, -0.05) is 50.1 Å². The Morgan fingerprint density at radius 1 is 1.06 bits per heavy atom. The molecular formula is C15H26N2. The summed E-state index contributed by atoms with van der Waals surface area (Å²) in [7, 11) is 2.21. The lowest BCUT2D eigenvalue weighted by Gasteiger charge is -2.16. The Balaban J connectivity index is 2.00. The highest BCUT2D eigenvalue weighted by Crippen LogP contribution is 1.97. The third-order valence-electron chi connectivity index (χ3n) is 2.99. The molecule has 0 heterocycles. The first-order valence-electron chi connectivity index (χ1n) is 6.76. The molecule has 1 N–H and O–H groups in total. The SMILES string of the molecule is CCCCCN(C)CCNCc1ccccc1. The number of nitrogens with one attached hydrogen (secondary N) is 1. The largest absolute Gasteiger partial charge is 0.311 e. The number of benzene rings is 1. The van der Waals surface area contributed by atoms with E-state index in [0.29, 0.717) is 0 Å². The molecule has 2 heteroatoms. The van der Waals surface area contributed by atoms with Crippen LogP contribution in [-0.2, 0) is 6.54 Å². The summed E-state index contributed by atoms with van der Waals surface area (Å²) in [4.78, 5) is 2.41. The van der Waals surface area contributed by atoms with Crippen LogP contribution in [0.1, 0.15) is 31.7 Å². The second-order valence-corrected chi connectivity index (χ2v) is 4.67. The van der Waals surface area contributed by atoms with Gasteiger partial charge in [0.25, 0.3) is 0 Å². The van der Waals surface area contributed by atoms with Crippen molar-refractivity contribution >= 4 is 0 Å². The van der Waals surface area contributed by atoms with E-state index in [1.165, 1.54) is 31.4 Å². The van der Waals surface area contributed by atoms with E-state index in [1.54, 1.807) is 0 Å². The lowest BCUT2D eigenvalue weighted by molar-refractivity contribution is 0.323. The van der Waals surface area contributed by atoms with E-state index in [0.717, 1.165) is 19.6 Å². The summed E-state index contributed by atoms with van der Waals surface area (Å²) in [5, 5.41) is 3.48. The van der Waals surface area contributed by atoms with Crippen LogP contribution < -0.4 is 5.32 Å². The van der Waals surface area contributed by atoms with Gasteiger partial charge in [0.05, 0.1) is 0 Å². The Hall–Kier alpha value is -0.860. The lowest BCUT2D eigenvalue weighted by Crippen LogP contribution is -2.29. The first-order chi connectivity index (χ1) is 8.33.